The van der Waals surface area contributed by atoms with Gasteiger partial charge in [-0.05, 0) is 18.2 Å². The largest absolute Gasteiger partial charge is 0.493 e. The third kappa shape index (κ3) is 2.57. The lowest BCUT2D eigenvalue weighted by Gasteiger charge is -2.04. The van der Waals surface area contributed by atoms with Gasteiger partial charge in [0.1, 0.15) is 5.75 Å². The molecule has 1 heterocycles. The Labute approximate surface area is 117 Å². The molecule has 0 radical (unpaired) electrons. The van der Waals surface area contributed by atoms with Crippen LogP contribution in [-0.2, 0) is 0 Å². The average Bonchev–Trinajstić information content (AvgIpc) is 2.92. The summed E-state index contributed by atoms with van der Waals surface area (Å²) < 4.78 is 5.56. The van der Waals surface area contributed by atoms with Crippen LogP contribution in [0.2, 0.25) is 0 Å². The van der Waals surface area contributed by atoms with E-state index in [1.165, 1.54) is 0 Å². The molecule has 0 bridgehead atoms. The molecule has 1 aromatic heterocycles. The van der Waals surface area contributed by atoms with Crippen molar-refractivity contribution in [3.8, 4) is 5.75 Å². The molecular weight excluding hydrogens is 250 g/mol. The van der Waals surface area contributed by atoms with Gasteiger partial charge < -0.3 is 9.72 Å². The molecular formula is C17H15NO2. The van der Waals surface area contributed by atoms with Crippen LogP contribution >= 0.6 is 0 Å². The highest BCUT2D eigenvalue weighted by Gasteiger charge is 2.11. The third-order valence-electron chi connectivity index (χ3n) is 3.23. The van der Waals surface area contributed by atoms with E-state index < -0.39 is 0 Å². The lowest BCUT2D eigenvalue weighted by molar-refractivity contribution is 0.0964. The molecule has 3 rings (SSSR count). The summed E-state index contributed by atoms with van der Waals surface area (Å²) in [6.45, 7) is 0.391. The number of para-hydroxylation sites is 2. The Kier molecular flexibility index (Phi) is 3.50. The number of ether oxygens (including phenoxy) is 1. The second-order valence-corrected chi connectivity index (χ2v) is 4.58. The normalized spacial score (nSPS) is 10.6. The van der Waals surface area contributed by atoms with Crippen LogP contribution in [0.3, 0.4) is 0 Å². The summed E-state index contributed by atoms with van der Waals surface area (Å²) in [6.07, 6.45) is 2.15. The molecule has 3 nitrogen and oxygen atoms in total. The van der Waals surface area contributed by atoms with Crippen molar-refractivity contribution >= 4 is 16.7 Å². The number of nitrogens with one attached hydrogen (secondary N) is 1. The lowest BCUT2D eigenvalue weighted by Crippen LogP contribution is -2.06. The predicted molar refractivity (Wildman–Crippen MR) is 79.2 cm³/mol. The fourth-order valence-electron chi connectivity index (χ4n) is 2.22. The molecule has 0 aliphatic rings. The van der Waals surface area contributed by atoms with Gasteiger partial charge in [-0.25, -0.2) is 0 Å². The number of benzene rings is 2. The number of carbonyl (C=O) groups excluding carboxylic acids is 1. The molecule has 0 amide bonds. The maximum Gasteiger partial charge on any atom is 0.168 e. The number of aromatic nitrogens is 1. The summed E-state index contributed by atoms with van der Waals surface area (Å²) in [5, 5.41) is 0.970. The van der Waals surface area contributed by atoms with Crippen LogP contribution in [0.4, 0.5) is 0 Å². The van der Waals surface area contributed by atoms with Crippen molar-refractivity contribution in [3.63, 3.8) is 0 Å². The molecule has 0 atom stereocenters. The van der Waals surface area contributed by atoms with E-state index in [4.69, 9.17) is 4.74 Å². The van der Waals surface area contributed by atoms with Crippen molar-refractivity contribution in [3.05, 3.63) is 66.4 Å². The monoisotopic (exact) mass is 265 g/mol. The van der Waals surface area contributed by atoms with Gasteiger partial charge in [0.05, 0.1) is 6.61 Å². The SMILES string of the molecule is O=C(CCOc1ccccc1)c1c[nH]c2ccccc12. The summed E-state index contributed by atoms with van der Waals surface area (Å²) >= 11 is 0. The zero-order valence-corrected chi connectivity index (χ0v) is 11.0. The average molecular weight is 265 g/mol. The molecule has 0 spiro atoms. The molecule has 0 aliphatic heterocycles. The molecule has 2 aromatic carbocycles. The summed E-state index contributed by atoms with van der Waals surface area (Å²) in [5.74, 6) is 0.887. The number of rotatable bonds is 5. The molecule has 20 heavy (non-hydrogen) atoms. The first kappa shape index (κ1) is 12.5. The van der Waals surface area contributed by atoms with Crippen molar-refractivity contribution in [1.29, 1.82) is 0 Å². The number of Topliss-reactive ketones (excluding diaryl/α,β-unsaturated/α-hetero) is 1. The second kappa shape index (κ2) is 5.61. The van der Waals surface area contributed by atoms with Crippen LogP contribution < -0.4 is 4.74 Å². The topological polar surface area (TPSA) is 42.1 Å². The van der Waals surface area contributed by atoms with Crippen molar-refractivity contribution in [1.82, 2.24) is 4.98 Å². The molecule has 0 unspecified atom stereocenters. The zero-order chi connectivity index (χ0) is 13.8. The lowest BCUT2D eigenvalue weighted by atomic mass is 10.1. The van der Waals surface area contributed by atoms with Gasteiger partial charge in [0.25, 0.3) is 0 Å². The van der Waals surface area contributed by atoms with E-state index in [-0.39, 0.29) is 5.78 Å². The van der Waals surface area contributed by atoms with Crippen molar-refractivity contribution < 1.29 is 9.53 Å². The van der Waals surface area contributed by atoms with Crippen molar-refractivity contribution in [2.45, 2.75) is 6.42 Å². The molecule has 1 N–H and O–H groups in total. The smallest absolute Gasteiger partial charge is 0.168 e. The quantitative estimate of drug-likeness (QED) is 0.712. The Morgan fingerprint density at radius 3 is 2.60 bits per heavy atom. The van der Waals surface area contributed by atoms with Gasteiger partial charge in [-0.3, -0.25) is 4.79 Å². The molecule has 3 heteroatoms. The van der Waals surface area contributed by atoms with E-state index in [1.807, 2.05) is 54.6 Å². The predicted octanol–water partition coefficient (Wildman–Crippen LogP) is 3.82. The number of H-pyrrole nitrogens is 1. The summed E-state index contributed by atoms with van der Waals surface area (Å²) in [6, 6.07) is 17.3. The first-order chi connectivity index (χ1) is 9.84. The van der Waals surface area contributed by atoms with Crippen molar-refractivity contribution in [2.75, 3.05) is 6.61 Å². The van der Waals surface area contributed by atoms with E-state index in [1.54, 1.807) is 6.20 Å². The van der Waals surface area contributed by atoms with Crippen LogP contribution in [0.5, 0.6) is 5.75 Å². The molecule has 3 aromatic rings. The summed E-state index contributed by atoms with van der Waals surface area (Å²) in [7, 11) is 0. The highest BCUT2D eigenvalue weighted by molar-refractivity contribution is 6.07. The van der Waals surface area contributed by atoms with Crippen LogP contribution in [0.15, 0.2) is 60.8 Å². The molecule has 0 saturated carbocycles. The van der Waals surface area contributed by atoms with Gasteiger partial charge in [0.15, 0.2) is 5.78 Å². The standard InChI is InChI=1S/C17H15NO2/c19-17(10-11-20-13-6-2-1-3-7-13)15-12-18-16-9-5-4-8-14(15)16/h1-9,12,18H,10-11H2. The summed E-state index contributed by atoms with van der Waals surface area (Å²) in [5.41, 5.74) is 1.72. The van der Waals surface area contributed by atoms with E-state index in [0.717, 1.165) is 22.2 Å². The van der Waals surface area contributed by atoms with E-state index in [0.29, 0.717) is 13.0 Å². The van der Waals surface area contributed by atoms with Gasteiger partial charge in [-0.2, -0.15) is 0 Å². The minimum Gasteiger partial charge on any atom is -0.493 e. The highest BCUT2D eigenvalue weighted by atomic mass is 16.5. The van der Waals surface area contributed by atoms with E-state index in [2.05, 4.69) is 4.98 Å². The number of aromatic amines is 1. The van der Waals surface area contributed by atoms with Crippen LogP contribution in [-0.4, -0.2) is 17.4 Å². The second-order valence-electron chi connectivity index (χ2n) is 4.58. The Hall–Kier alpha value is -2.55. The van der Waals surface area contributed by atoms with Gasteiger partial charge in [0.2, 0.25) is 0 Å². The van der Waals surface area contributed by atoms with Crippen LogP contribution in [0.1, 0.15) is 16.8 Å². The third-order valence-corrected chi connectivity index (χ3v) is 3.23. The number of carbonyl (C=O) groups is 1. The number of fused-ring (bicyclic) bond motifs is 1. The Bertz CT molecular complexity index is 716. The van der Waals surface area contributed by atoms with Gasteiger partial charge >= 0.3 is 0 Å². The highest BCUT2D eigenvalue weighted by Crippen LogP contribution is 2.19. The Morgan fingerprint density at radius 2 is 1.75 bits per heavy atom. The van der Waals surface area contributed by atoms with Crippen LogP contribution in [0.25, 0.3) is 10.9 Å². The zero-order valence-electron chi connectivity index (χ0n) is 11.0. The minimum absolute atomic E-state index is 0.0957. The first-order valence-electron chi connectivity index (χ1n) is 6.62. The summed E-state index contributed by atoms with van der Waals surface area (Å²) in [4.78, 5) is 15.3. The molecule has 100 valence electrons. The molecule has 0 fully saturated rings. The maximum atomic E-state index is 12.2. The van der Waals surface area contributed by atoms with Gasteiger partial charge in [0, 0.05) is 29.1 Å². The van der Waals surface area contributed by atoms with Gasteiger partial charge in [-0.15, -0.1) is 0 Å². The minimum atomic E-state index is 0.0957. The fourth-order valence-corrected chi connectivity index (χ4v) is 2.22. The number of ketones is 1. The Morgan fingerprint density at radius 1 is 1.00 bits per heavy atom. The first-order valence-corrected chi connectivity index (χ1v) is 6.62. The fraction of sp³-hybridized carbons (Fsp3) is 0.118. The van der Waals surface area contributed by atoms with E-state index >= 15 is 0 Å². The van der Waals surface area contributed by atoms with Crippen LogP contribution in [0, 0.1) is 0 Å². The van der Waals surface area contributed by atoms with E-state index in [9.17, 15) is 4.79 Å². The molecule has 0 saturated heterocycles. The molecule has 0 aliphatic carbocycles. The number of hydrogen-bond acceptors (Lipinski definition) is 2. The maximum absolute atomic E-state index is 12.2. The Balaban J connectivity index is 1.65. The van der Waals surface area contributed by atoms with Gasteiger partial charge in [-0.1, -0.05) is 36.4 Å². The van der Waals surface area contributed by atoms with Crippen molar-refractivity contribution in [2.24, 2.45) is 0 Å². The number of hydrogen-bond donors (Lipinski definition) is 1.